The summed E-state index contributed by atoms with van der Waals surface area (Å²) >= 11 is 0. The van der Waals surface area contributed by atoms with Crippen molar-refractivity contribution >= 4 is 10.9 Å². The Balaban J connectivity index is 2.35. The van der Waals surface area contributed by atoms with Crippen LogP contribution >= 0.6 is 0 Å². The zero-order chi connectivity index (χ0) is 9.54. The van der Waals surface area contributed by atoms with Crippen molar-refractivity contribution in [3.05, 3.63) is 23.9 Å². The van der Waals surface area contributed by atoms with Crippen molar-refractivity contribution in [2.45, 2.75) is 6.92 Å². The van der Waals surface area contributed by atoms with Crippen LogP contribution in [0.3, 0.4) is 0 Å². The van der Waals surface area contributed by atoms with Crippen molar-refractivity contribution in [3.8, 4) is 11.5 Å². The van der Waals surface area contributed by atoms with Crippen molar-refractivity contribution in [1.29, 1.82) is 0 Å². The van der Waals surface area contributed by atoms with Gasteiger partial charge in [-0.2, -0.15) is 0 Å². The van der Waals surface area contributed by atoms with Crippen LogP contribution in [0, 0.1) is 6.92 Å². The molecule has 0 bridgehead atoms. The van der Waals surface area contributed by atoms with E-state index in [2.05, 4.69) is 18.0 Å². The zero-order valence-corrected chi connectivity index (χ0v) is 7.96. The maximum absolute atomic E-state index is 5.59. The minimum absolute atomic E-state index is 0.629. The summed E-state index contributed by atoms with van der Waals surface area (Å²) in [5.41, 5.74) is 2.27. The molecular weight excluding hydrogens is 178 g/mol. The molecule has 0 saturated carbocycles. The first-order valence-corrected chi connectivity index (χ1v) is 4.72. The van der Waals surface area contributed by atoms with E-state index in [9.17, 15) is 0 Å². The molecule has 1 aliphatic rings. The Hall–Kier alpha value is -1.64. The lowest BCUT2D eigenvalue weighted by molar-refractivity contribution is 0.173. The van der Waals surface area contributed by atoms with Gasteiger partial charge in [-0.25, -0.2) is 0 Å². The number of aromatic amines is 1. The third kappa shape index (κ3) is 0.923. The smallest absolute Gasteiger partial charge is 0.185 e. The second-order valence-corrected chi connectivity index (χ2v) is 3.48. The van der Waals surface area contributed by atoms with Crippen LogP contribution in [0.4, 0.5) is 0 Å². The van der Waals surface area contributed by atoms with E-state index in [1.165, 1.54) is 10.9 Å². The minimum Gasteiger partial charge on any atom is -0.486 e. The van der Waals surface area contributed by atoms with Gasteiger partial charge in [0.05, 0.1) is 5.52 Å². The summed E-state index contributed by atoms with van der Waals surface area (Å²) in [5.74, 6) is 1.69. The van der Waals surface area contributed by atoms with E-state index in [1.54, 1.807) is 0 Å². The molecule has 1 aromatic heterocycles. The number of H-pyrrole nitrogens is 1. The number of hydrogen-bond acceptors (Lipinski definition) is 2. The Kier molecular flexibility index (Phi) is 1.48. The fourth-order valence-corrected chi connectivity index (χ4v) is 1.85. The third-order valence-electron chi connectivity index (χ3n) is 2.57. The average molecular weight is 189 g/mol. The molecule has 0 atom stereocenters. The zero-order valence-electron chi connectivity index (χ0n) is 7.96. The summed E-state index contributed by atoms with van der Waals surface area (Å²) in [6.45, 7) is 3.34. The van der Waals surface area contributed by atoms with Crippen LogP contribution in [0.15, 0.2) is 18.3 Å². The Morgan fingerprint density at radius 2 is 2.07 bits per heavy atom. The minimum atomic E-state index is 0.629. The first kappa shape index (κ1) is 7.74. The summed E-state index contributed by atoms with van der Waals surface area (Å²) in [6, 6.07) is 4.03. The van der Waals surface area contributed by atoms with E-state index >= 15 is 0 Å². The summed E-state index contributed by atoms with van der Waals surface area (Å²) in [7, 11) is 0. The fraction of sp³-hybridized carbons (Fsp3) is 0.273. The Bertz CT molecular complexity index is 487. The van der Waals surface area contributed by atoms with Gasteiger partial charge in [0.1, 0.15) is 13.2 Å². The van der Waals surface area contributed by atoms with Gasteiger partial charge in [-0.3, -0.25) is 0 Å². The van der Waals surface area contributed by atoms with Crippen LogP contribution in [0.5, 0.6) is 11.5 Å². The molecule has 2 heterocycles. The summed E-state index contributed by atoms with van der Waals surface area (Å²) in [5, 5.41) is 1.20. The van der Waals surface area contributed by atoms with E-state index in [4.69, 9.17) is 9.47 Å². The van der Waals surface area contributed by atoms with E-state index in [0.29, 0.717) is 13.2 Å². The molecule has 2 aromatic rings. The fourth-order valence-electron chi connectivity index (χ4n) is 1.85. The van der Waals surface area contributed by atoms with Crippen LogP contribution in [-0.4, -0.2) is 18.2 Å². The standard InChI is InChI=1S/C11H11NO2/c1-7-6-12-10-8(7)2-3-9-11(10)14-5-4-13-9/h2-3,6,12H,4-5H2,1H3. The third-order valence-corrected chi connectivity index (χ3v) is 2.57. The molecule has 0 aliphatic carbocycles. The molecule has 14 heavy (non-hydrogen) atoms. The highest BCUT2D eigenvalue weighted by Crippen LogP contribution is 2.37. The lowest BCUT2D eigenvalue weighted by Gasteiger charge is -2.18. The van der Waals surface area contributed by atoms with E-state index < -0.39 is 0 Å². The highest BCUT2D eigenvalue weighted by Gasteiger charge is 2.16. The Labute approximate surface area is 81.6 Å². The molecule has 72 valence electrons. The molecule has 3 rings (SSSR count). The van der Waals surface area contributed by atoms with Crippen molar-refractivity contribution in [3.63, 3.8) is 0 Å². The first-order valence-electron chi connectivity index (χ1n) is 4.72. The number of aromatic nitrogens is 1. The molecule has 3 heteroatoms. The predicted octanol–water partition coefficient (Wildman–Crippen LogP) is 2.25. The maximum atomic E-state index is 5.59. The first-order chi connectivity index (χ1) is 6.86. The van der Waals surface area contributed by atoms with Gasteiger partial charge < -0.3 is 14.5 Å². The molecular formula is C11H11NO2. The number of nitrogens with one attached hydrogen (secondary N) is 1. The van der Waals surface area contributed by atoms with Crippen molar-refractivity contribution in [2.24, 2.45) is 0 Å². The molecule has 1 N–H and O–H groups in total. The number of fused-ring (bicyclic) bond motifs is 3. The van der Waals surface area contributed by atoms with Gasteiger partial charge in [-0.1, -0.05) is 0 Å². The topological polar surface area (TPSA) is 34.2 Å². The van der Waals surface area contributed by atoms with Gasteiger partial charge in [-0.05, 0) is 24.6 Å². The van der Waals surface area contributed by atoms with E-state index in [1.807, 2.05) is 12.3 Å². The summed E-state index contributed by atoms with van der Waals surface area (Å²) in [4.78, 5) is 3.21. The average Bonchev–Trinajstić information content (AvgIpc) is 2.61. The van der Waals surface area contributed by atoms with Gasteiger partial charge >= 0.3 is 0 Å². The highest BCUT2D eigenvalue weighted by atomic mass is 16.6. The second kappa shape index (κ2) is 2.67. The lowest BCUT2D eigenvalue weighted by Crippen LogP contribution is -2.15. The second-order valence-electron chi connectivity index (χ2n) is 3.48. The van der Waals surface area contributed by atoms with Crippen LogP contribution in [0.25, 0.3) is 10.9 Å². The van der Waals surface area contributed by atoms with Crippen LogP contribution in [0.2, 0.25) is 0 Å². The van der Waals surface area contributed by atoms with Gasteiger partial charge in [0, 0.05) is 11.6 Å². The molecule has 0 spiro atoms. The lowest BCUT2D eigenvalue weighted by atomic mass is 10.1. The van der Waals surface area contributed by atoms with E-state index in [0.717, 1.165) is 17.0 Å². The number of ether oxygens (including phenoxy) is 2. The molecule has 3 nitrogen and oxygen atoms in total. The molecule has 0 saturated heterocycles. The van der Waals surface area contributed by atoms with Crippen molar-refractivity contribution in [2.75, 3.05) is 13.2 Å². The SMILES string of the molecule is Cc1c[nH]c2c3c(ccc12)OCCO3. The number of aryl methyl sites for hydroxylation is 1. The monoisotopic (exact) mass is 189 g/mol. The van der Waals surface area contributed by atoms with Crippen LogP contribution < -0.4 is 9.47 Å². The quantitative estimate of drug-likeness (QED) is 0.689. The van der Waals surface area contributed by atoms with Gasteiger partial charge in [0.15, 0.2) is 11.5 Å². The number of benzene rings is 1. The van der Waals surface area contributed by atoms with Gasteiger partial charge in [-0.15, -0.1) is 0 Å². The molecule has 0 fully saturated rings. The molecule has 1 aliphatic heterocycles. The van der Waals surface area contributed by atoms with Gasteiger partial charge in [0.25, 0.3) is 0 Å². The maximum Gasteiger partial charge on any atom is 0.185 e. The number of hydrogen-bond donors (Lipinski definition) is 1. The summed E-state index contributed by atoms with van der Waals surface area (Å²) in [6.07, 6.45) is 1.99. The predicted molar refractivity (Wildman–Crippen MR) is 54.0 cm³/mol. The molecule has 1 aromatic carbocycles. The Morgan fingerprint density at radius 1 is 1.21 bits per heavy atom. The number of rotatable bonds is 0. The summed E-state index contributed by atoms with van der Waals surface area (Å²) < 4.78 is 11.1. The largest absolute Gasteiger partial charge is 0.486 e. The van der Waals surface area contributed by atoms with Crippen LogP contribution in [-0.2, 0) is 0 Å². The van der Waals surface area contributed by atoms with Crippen molar-refractivity contribution < 1.29 is 9.47 Å². The van der Waals surface area contributed by atoms with Crippen molar-refractivity contribution in [1.82, 2.24) is 4.98 Å². The molecule has 0 unspecified atom stereocenters. The van der Waals surface area contributed by atoms with Crippen LogP contribution in [0.1, 0.15) is 5.56 Å². The molecule has 0 radical (unpaired) electrons. The van der Waals surface area contributed by atoms with E-state index in [-0.39, 0.29) is 0 Å². The Morgan fingerprint density at radius 3 is 3.00 bits per heavy atom. The normalized spacial score (nSPS) is 14.6. The molecule has 0 amide bonds. The highest BCUT2D eigenvalue weighted by molar-refractivity contribution is 5.90. The van der Waals surface area contributed by atoms with Gasteiger partial charge in [0.2, 0.25) is 0 Å².